The van der Waals surface area contributed by atoms with Crippen LogP contribution >= 0.6 is 0 Å². The first-order valence-electron chi connectivity index (χ1n) is 6.61. The van der Waals surface area contributed by atoms with Gasteiger partial charge < -0.3 is 19.6 Å². The Morgan fingerprint density at radius 2 is 2.37 bits per heavy atom. The van der Waals surface area contributed by atoms with Crippen molar-refractivity contribution < 1.29 is 19.1 Å². The minimum atomic E-state index is -0.953. The molecule has 1 aliphatic carbocycles. The van der Waals surface area contributed by atoms with E-state index in [1.165, 1.54) is 12.3 Å². The normalized spacial score (nSPS) is 25.0. The second-order valence-electron chi connectivity index (χ2n) is 5.50. The average Bonchev–Trinajstić information content (AvgIpc) is 2.81. The van der Waals surface area contributed by atoms with Gasteiger partial charge in [0, 0.05) is 18.1 Å². The van der Waals surface area contributed by atoms with Gasteiger partial charge in [0.05, 0.1) is 18.9 Å². The van der Waals surface area contributed by atoms with E-state index in [9.17, 15) is 4.79 Å². The van der Waals surface area contributed by atoms with Crippen LogP contribution in [-0.4, -0.2) is 29.8 Å². The summed E-state index contributed by atoms with van der Waals surface area (Å²) < 4.78 is 10.9. The molecule has 0 amide bonds. The molecule has 5 heteroatoms. The molecule has 2 N–H and O–H groups in total. The highest BCUT2D eigenvalue weighted by molar-refractivity contribution is 5.88. The molecular formula is C14H21NO4. The van der Waals surface area contributed by atoms with Gasteiger partial charge in [0.1, 0.15) is 11.3 Å². The smallest absolute Gasteiger partial charge is 0.339 e. The van der Waals surface area contributed by atoms with Crippen LogP contribution in [0.2, 0.25) is 0 Å². The first-order chi connectivity index (χ1) is 8.96. The molecule has 0 aliphatic heterocycles. The van der Waals surface area contributed by atoms with E-state index >= 15 is 0 Å². The Kier molecular flexibility index (Phi) is 3.96. The molecule has 2 rings (SSSR count). The van der Waals surface area contributed by atoms with Gasteiger partial charge in [0.2, 0.25) is 0 Å². The number of hydrogen-bond acceptors (Lipinski definition) is 4. The van der Waals surface area contributed by atoms with Gasteiger partial charge in [0.25, 0.3) is 0 Å². The molecule has 1 aromatic rings. The van der Waals surface area contributed by atoms with Crippen molar-refractivity contribution in [2.24, 2.45) is 5.41 Å². The van der Waals surface area contributed by atoms with Crippen molar-refractivity contribution in [1.29, 1.82) is 0 Å². The summed E-state index contributed by atoms with van der Waals surface area (Å²) in [5.41, 5.74) is 0.289. The third-order valence-electron chi connectivity index (χ3n) is 4.03. The third-order valence-corrected chi connectivity index (χ3v) is 4.03. The van der Waals surface area contributed by atoms with Crippen molar-refractivity contribution >= 4 is 5.97 Å². The summed E-state index contributed by atoms with van der Waals surface area (Å²) in [6.45, 7) is 7.48. The maximum atomic E-state index is 11.0. The van der Waals surface area contributed by atoms with Gasteiger partial charge in [-0.25, -0.2) is 4.79 Å². The molecular weight excluding hydrogens is 246 g/mol. The Hall–Kier alpha value is -1.33. The fraction of sp³-hybridized carbons (Fsp3) is 0.643. The Balaban J connectivity index is 1.90. The summed E-state index contributed by atoms with van der Waals surface area (Å²) >= 11 is 0. The molecule has 0 spiro atoms. The van der Waals surface area contributed by atoms with E-state index in [0.717, 1.165) is 13.0 Å². The lowest BCUT2D eigenvalue weighted by molar-refractivity contribution is -0.114. The molecule has 1 aliphatic rings. The number of carbonyl (C=O) groups is 1. The van der Waals surface area contributed by atoms with Crippen molar-refractivity contribution in [3.05, 3.63) is 23.7 Å². The number of carboxylic acid groups (broad SMARTS) is 1. The molecule has 1 aromatic heterocycles. The van der Waals surface area contributed by atoms with E-state index in [1.54, 1.807) is 0 Å². The van der Waals surface area contributed by atoms with Crippen LogP contribution in [0.4, 0.5) is 0 Å². The Morgan fingerprint density at radius 1 is 1.63 bits per heavy atom. The van der Waals surface area contributed by atoms with Crippen molar-refractivity contribution in [1.82, 2.24) is 5.32 Å². The first-order valence-corrected chi connectivity index (χ1v) is 6.61. The highest BCUT2D eigenvalue weighted by atomic mass is 16.5. The molecule has 0 bridgehead atoms. The van der Waals surface area contributed by atoms with E-state index in [2.05, 4.69) is 19.2 Å². The lowest BCUT2D eigenvalue weighted by Crippen LogP contribution is -2.60. The zero-order valence-corrected chi connectivity index (χ0v) is 11.6. The number of rotatable bonds is 6. The van der Waals surface area contributed by atoms with Crippen molar-refractivity contribution in [3.8, 4) is 0 Å². The van der Waals surface area contributed by atoms with Crippen LogP contribution in [0.25, 0.3) is 0 Å². The van der Waals surface area contributed by atoms with E-state index in [1.807, 2.05) is 6.92 Å². The number of furan rings is 1. The molecule has 2 unspecified atom stereocenters. The van der Waals surface area contributed by atoms with Crippen molar-refractivity contribution in [2.75, 3.05) is 6.61 Å². The minimum Gasteiger partial charge on any atom is -0.478 e. The Morgan fingerprint density at radius 3 is 2.95 bits per heavy atom. The van der Waals surface area contributed by atoms with E-state index in [0.29, 0.717) is 18.3 Å². The molecule has 1 saturated carbocycles. The van der Waals surface area contributed by atoms with Crippen LogP contribution in [0.15, 0.2) is 16.7 Å². The molecule has 0 radical (unpaired) electrons. The highest BCUT2D eigenvalue weighted by Gasteiger charge is 2.48. The van der Waals surface area contributed by atoms with E-state index in [4.69, 9.17) is 14.3 Å². The summed E-state index contributed by atoms with van der Waals surface area (Å²) in [7, 11) is 0. The zero-order valence-electron chi connectivity index (χ0n) is 11.6. The maximum absolute atomic E-state index is 11.0. The molecule has 106 valence electrons. The summed E-state index contributed by atoms with van der Waals surface area (Å²) in [6.07, 6.45) is 2.63. The Labute approximate surface area is 112 Å². The van der Waals surface area contributed by atoms with Crippen LogP contribution in [0, 0.1) is 5.41 Å². The van der Waals surface area contributed by atoms with Crippen LogP contribution in [0.3, 0.4) is 0 Å². The summed E-state index contributed by atoms with van der Waals surface area (Å²) in [5, 5.41) is 12.4. The summed E-state index contributed by atoms with van der Waals surface area (Å²) in [4.78, 5) is 11.0. The summed E-state index contributed by atoms with van der Waals surface area (Å²) in [6, 6.07) is 1.80. The standard InChI is InChI=1S/C14H21NO4/c1-4-18-12-7-11(14(12,2)3)15-8-10-9(13(16)17)5-6-19-10/h5-6,11-12,15H,4,7-8H2,1-3H3,(H,16,17). The van der Waals surface area contributed by atoms with Gasteiger partial charge in [0.15, 0.2) is 0 Å². The minimum absolute atomic E-state index is 0.0615. The average molecular weight is 267 g/mol. The van der Waals surface area contributed by atoms with Gasteiger partial charge in [-0.05, 0) is 19.4 Å². The number of carboxylic acids is 1. The molecule has 2 atom stereocenters. The first kappa shape index (κ1) is 14.1. The molecule has 5 nitrogen and oxygen atoms in total. The quantitative estimate of drug-likeness (QED) is 0.827. The number of ether oxygens (including phenoxy) is 1. The number of hydrogen-bond donors (Lipinski definition) is 2. The van der Waals surface area contributed by atoms with Crippen LogP contribution in [0.5, 0.6) is 0 Å². The molecule has 0 aromatic carbocycles. The van der Waals surface area contributed by atoms with Crippen LogP contribution < -0.4 is 5.32 Å². The lowest BCUT2D eigenvalue weighted by atomic mass is 9.64. The van der Waals surface area contributed by atoms with Gasteiger partial charge >= 0.3 is 5.97 Å². The third kappa shape index (κ3) is 2.67. The maximum Gasteiger partial charge on any atom is 0.339 e. The molecule has 0 saturated heterocycles. The van der Waals surface area contributed by atoms with Gasteiger partial charge in [-0.3, -0.25) is 0 Å². The molecule has 1 heterocycles. The fourth-order valence-corrected chi connectivity index (χ4v) is 2.60. The predicted molar refractivity (Wildman–Crippen MR) is 70.1 cm³/mol. The SMILES string of the molecule is CCOC1CC(NCc2occc2C(=O)O)C1(C)C. The lowest BCUT2D eigenvalue weighted by Gasteiger charge is -2.51. The zero-order chi connectivity index (χ0) is 14.0. The van der Waals surface area contributed by atoms with E-state index in [-0.39, 0.29) is 17.1 Å². The second kappa shape index (κ2) is 5.35. The second-order valence-corrected chi connectivity index (χ2v) is 5.50. The number of nitrogens with one attached hydrogen (secondary N) is 1. The van der Waals surface area contributed by atoms with Gasteiger partial charge in [-0.15, -0.1) is 0 Å². The fourth-order valence-electron chi connectivity index (χ4n) is 2.60. The monoisotopic (exact) mass is 267 g/mol. The van der Waals surface area contributed by atoms with Gasteiger partial charge in [-0.2, -0.15) is 0 Å². The molecule has 19 heavy (non-hydrogen) atoms. The van der Waals surface area contributed by atoms with Crippen LogP contribution in [-0.2, 0) is 11.3 Å². The van der Waals surface area contributed by atoms with Gasteiger partial charge in [-0.1, -0.05) is 13.8 Å². The highest BCUT2D eigenvalue weighted by Crippen LogP contribution is 2.42. The van der Waals surface area contributed by atoms with Crippen LogP contribution in [0.1, 0.15) is 43.3 Å². The predicted octanol–water partition coefficient (Wildman–Crippen LogP) is 2.27. The summed E-state index contributed by atoms with van der Waals surface area (Å²) in [5.74, 6) is -0.478. The van der Waals surface area contributed by atoms with Crippen molar-refractivity contribution in [2.45, 2.75) is 45.9 Å². The number of aromatic carboxylic acids is 1. The molecule has 1 fully saturated rings. The largest absolute Gasteiger partial charge is 0.478 e. The van der Waals surface area contributed by atoms with Crippen molar-refractivity contribution in [3.63, 3.8) is 0 Å². The topological polar surface area (TPSA) is 71.7 Å². The Bertz CT molecular complexity index is 452. The van der Waals surface area contributed by atoms with E-state index < -0.39 is 5.97 Å².